The third kappa shape index (κ3) is 4.31. The number of halogens is 4. The number of fused-ring (bicyclic) bond motifs is 1. The van der Waals surface area contributed by atoms with Gasteiger partial charge in [-0.15, -0.1) is 5.10 Å². The zero-order valence-corrected chi connectivity index (χ0v) is 19.5. The van der Waals surface area contributed by atoms with Crippen LogP contribution in [-0.4, -0.2) is 54.9 Å². The maximum absolute atomic E-state index is 15.2. The fraction of sp³-hybridized carbons (Fsp3) is 0.217. The quantitative estimate of drug-likeness (QED) is 0.519. The number of amides is 3. The number of nitrogens with zero attached hydrogens (tertiary/aromatic N) is 5. The summed E-state index contributed by atoms with van der Waals surface area (Å²) in [5, 5.41) is 13.2. The second-order valence-electron chi connectivity index (χ2n) is 8.54. The molecule has 1 aromatic heterocycles. The average Bonchev–Trinajstić information content (AvgIpc) is 3.50. The minimum Gasteiger partial charge on any atom is -0.365 e. The monoisotopic (exact) mass is 531 g/mol. The van der Waals surface area contributed by atoms with Gasteiger partial charge in [0.2, 0.25) is 11.8 Å². The van der Waals surface area contributed by atoms with Crippen molar-refractivity contribution in [1.82, 2.24) is 25.1 Å². The molecule has 14 heteroatoms. The van der Waals surface area contributed by atoms with Crippen LogP contribution in [0.3, 0.4) is 0 Å². The highest BCUT2D eigenvalue weighted by molar-refractivity contribution is 6.31. The SMILES string of the molecule is NC(=O)c1c(F)cc(NC(=O)[C@@H]2CCC3CC(c4c(-n5cnnn5)ccc(Cl)c4F)=CC(=O)N32)cc1F. The van der Waals surface area contributed by atoms with Crippen molar-refractivity contribution < 1.29 is 27.6 Å². The van der Waals surface area contributed by atoms with E-state index in [9.17, 15) is 23.2 Å². The molecule has 10 nitrogen and oxygen atoms in total. The molecule has 2 atom stereocenters. The fourth-order valence-electron chi connectivity index (χ4n) is 4.80. The first kappa shape index (κ1) is 24.4. The molecular formula is C23H17ClF3N7O3. The first-order valence-corrected chi connectivity index (χ1v) is 11.4. The molecule has 1 fully saturated rings. The molecule has 3 N–H and O–H groups in total. The molecule has 3 amide bonds. The van der Waals surface area contributed by atoms with Gasteiger partial charge >= 0.3 is 0 Å². The number of primary amides is 1. The van der Waals surface area contributed by atoms with Crippen molar-refractivity contribution in [3.8, 4) is 5.69 Å². The van der Waals surface area contributed by atoms with Crippen molar-refractivity contribution in [2.75, 3.05) is 5.32 Å². The molecule has 190 valence electrons. The first-order chi connectivity index (χ1) is 17.7. The number of benzene rings is 2. The zero-order chi connectivity index (χ0) is 26.4. The summed E-state index contributed by atoms with van der Waals surface area (Å²) in [4.78, 5) is 38.7. The molecule has 3 aromatic rings. The average molecular weight is 532 g/mol. The van der Waals surface area contributed by atoms with Crippen LogP contribution in [0.2, 0.25) is 5.02 Å². The lowest BCUT2D eigenvalue weighted by molar-refractivity contribution is -0.135. The minimum absolute atomic E-state index is 0.0705. The highest BCUT2D eigenvalue weighted by atomic mass is 35.5. The van der Waals surface area contributed by atoms with Gasteiger partial charge in [-0.25, -0.2) is 13.2 Å². The van der Waals surface area contributed by atoms with Crippen LogP contribution in [0.5, 0.6) is 0 Å². The molecule has 1 saturated heterocycles. The van der Waals surface area contributed by atoms with Gasteiger partial charge in [0.05, 0.1) is 10.7 Å². The second kappa shape index (κ2) is 9.32. The number of tetrazole rings is 1. The highest BCUT2D eigenvalue weighted by Gasteiger charge is 2.43. The Morgan fingerprint density at radius 2 is 1.86 bits per heavy atom. The van der Waals surface area contributed by atoms with E-state index in [2.05, 4.69) is 20.8 Å². The fourth-order valence-corrected chi connectivity index (χ4v) is 4.96. The van der Waals surface area contributed by atoms with E-state index in [1.807, 2.05) is 0 Å². The van der Waals surface area contributed by atoms with E-state index in [-0.39, 0.29) is 34.8 Å². The maximum Gasteiger partial charge on any atom is 0.254 e. The smallest absolute Gasteiger partial charge is 0.254 e. The van der Waals surface area contributed by atoms with Gasteiger partial charge in [-0.05, 0) is 59.5 Å². The lowest BCUT2D eigenvalue weighted by atomic mass is 9.92. The summed E-state index contributed by atoms with van der Waals surface area (Å²) < 4.78 is 44.6. The molecule has 0 saturated carbocycles. The summed E-state index contributed by atoms with van der Waals surface area (Å²) in [7, 11) is 0. The molecule has 0 spiro atoms. The number of anilines is 1. The van der Waals surface area contributed by atoms with Crippen LogP contribution in [-0.2, 0) is 9.59 Å². The van der Waals surface area contributed by atoms with Crippen LogP contribution in [0.25, 0.3) is 11.3 Å². The molecule has 2 aliphatic heterocycles. The number of carbonyl (C=O) groups is 3. The lowest BCUT2D eigenvalue weighted by Crippen LogP contribution is -2.48. The van der Waals surface area contributed by atoms with Crippen LogP contribution in [0.4, 0.5) is 18.9 Å². The summed E-state index contributed by atoms with van der Waals surface area (Å²) in [5.74, 6) is -5.68. The van der Waals surface area contributed by atoms with E-state index in [1.54, 1.807) is 0 Å². The van der Waals surface area contributed by atoms with Crippen LogP contribution >= 0.6 is 11.6 Å². The highest BCUT2D eigenvalue weighted by Crippen LogP contribution is 2.40. The Morgan fingerprint density at radius 1 is 1.14 bits per heavy atom. The maximum atomic E-state index is 15.2. The summed E-state index contributed by atoms with van der Waals surface area (Å²) in [6, 6.07) is 3.06. The molecule has 2 aliphatic rings. The van der Waals surface area contributed by atoms with Gasteiger partial charge in [0, 0.05) is 23.4 Å². The third-order valence-electron chi connectivity index (χ3n) is 6.36. The van der Waals surface area contributed by atoms with Gasteiger partial charge in [-0.1, -0.05) is 11.6 Å². The van der Waals surface area contributed by atoms with E-state index >= 15 is 4.39 Å². The van der Waals surface area contributed by atoms with Gasteiger partial charge in [0.1, 0.15) is 29.6 Å². The minimum atomic E-state index is -1.28. The second-order valence-corrected chi connectivity index (χ2v) is 8.95. The molecule has 1 unspecified atom stereocenters. The number of rotatable bonds is 5. The van der Waals surface area contributed by atoms with Gasteiger partial charge in [0.25, 0.3) is 5.91 Å². The lowest BCUT2D eigenvalue weighted by Gasteiger charge is -2.33. The normalized spacial score (nSPS) is 19.0. The van der Waals surface area contributed by atoms with Gasteiger partial charge in [-0.3, -0.25) is 14.4 Å². The Balaban J connectivity index is 1.42. The number of nitrogens with one attached hydrogen (secondary N) is 1. The Kier molecular flexibility index (Phi) is 6.15. The molecule has 37 heavy (non-hydrogen) atoms. The van der Waals surface area contributed by atoms with E-state index in [0.29, 0.717) is 12.0 Å². The van der Waals surface area contributed by atoms with Crippen LogP contribution in [0.1, 0.15) is 35.2 Å². The summed E-state index contributed by atoms with van der Waals surface area (Å²) in [6.45, 7) is 0. The van der Waals surface area contributed by atoms with E-state index < -0.39 is 52.8 Å². The van der Waals surface area contributed by atoms with Crippen LogP contribution in [0.15, 0.2) is 36.7 Å². The molecule has 5 rings (SSSR count). The summed E-state index contributed by atoms with van der Waals surface area (Å²) in [6.07, 6.45) is 3.42. The molecule has 0 aliphatic carbocycles. The van der Waals surface area contributed by atoms with Gasteiger partial charge < -0.3 is 16.0 Å². The number of hydrogen-bond donors (Lipinski definition) is 2. The number of carbonyl (C=O) groups excluding carboxylic acids is 3. The molecule has 2 aromatic carbocycles. The predicted molar refractivity (Wildman–Crippen MR) is 124 cm³/mol. The molecule has 0 radical (unpaired) electrons. The topological polar surface area (TPSA) is 136 Å². The Morgan fingerprint density at radius 3 is 2.51 bits per heavy atom. The zero-order valence-electron chi connectivity index (χ0n) is 18.8. The summed E-state index contributed by atoms with van der Waals surface area (Å²) >= 11 is 6.01. The van der Waals surface area contributed by atoms with Crippen LogP contribution < -0.4 is 11.1 Å². The van der Waals surface area contributed by atoms with Gasteiger partial charge in [0.15, 0.2) is 5.82 Å². The van der Waals surface area contributed by atoms with Crippen molar-refractivity contribution in [2.24, 2.45) is 5.73 Å². The number of hydrogen-bond acceptors (Lipinski definition) is 6. The van der Waals surface area contributed by atoms with Crippen molar-refractivity contribution in [3.05, 3.63) is 70.3 Å². The van der Waals surface area contributed by atoms with E-state index in [4.69, 9.17) is 17.3 Å². The van der Waals surface area contributed by atoms with Crippen molar-refractivity contribution in [3.63, 3.8) is 0 Å². The molecule has 0 bridgehead atoms. The van der Waals surface area contributed by atoms with Crippen LogP contribution in [0, 0.1) is 17.5 Å². The number of nitrogens with two attached hydrogens (primary N) is 1. The Bertz CT molecular complexity index is 1460. The van der Waals surface area contributed by atoms with Crippen molar-refractivity contribution in [1.29, 1.82) is 0 Å². The summed E-state index contributed by atoms with van der Waals surface area (Å²) in [5.41, 5.74) is 4.53. The van der Waals surface area contributed by atoms with Crippen molar-refractivity contribution >= 4 is 40.6 Å². The van der Waals surface area contributed by atoms with Gasteiger partial charge in [-0.2, -0.15) is 4.68 Å². The molecular weight excluding hydrogens is 515 g/mol. The van der Waals surface area contributed by atoms with E-state index in [0.717, 1.165) is 12.1 Å². The number of aromatic nitrogens is 4. The predicted octanol–water partition coefficient (Wildman–Crippen LogP) is 2.62. The van der Waals surface area contributed by atoms with E-state index in [1.165, 1.54) is 34.1 Å². The molecule has 3 heterocycles. The Hall–Kier alpha value is -4.26. The van der Waals surface area contributed by atoms with Crippen molar-refractivity contribution in [2.45, 2.75) is 31.3 Å². The largest absolute Gasteiger partial charge is 0.365 e. The first-order valence-electron chi connectivity index (χ1n) is 11.0. The Labute approximate surface area is 211 Å². The third-order valence-corrected chi connectivity index (χ3v) is 6.65. The standard InChI is InChI=1S/C23H17ClF3N7O3/c24-13-2-4-16(33-9-29-31-32-33)19(21(13)27)10-5-12-1-3-17(34(12)18(35)6-10)23(37)30-11-7-14(25)20(22(28)36)15(26)8-11/h2,4,6-9,12,17H,1,3,5H2,(H2,28,36)(H,30,37)/t12?,17-/m0/s1.